The molecule has 1 amide bonds. The van der Waals surface area contributed by atoms with Crippen LogP contribution in [-0.4, -0.2) is 24.5 Å². The van der Waals surface area contributed by atoms with Crippen molar-refractivity contribution in [3.63, 3.8) is 0 Å². The van der Waals surface area contributed by atoms with Crippen molar-refractivity contribution in [1.29, 1.82) is 0 Å². The summed E-state index contributed by atoms with van der Waals surface area (Å²) >= 11 is 0. The fourth-order valence-electron chi connectivity index (χ4n) is 1.26. The minimum atomic E-state index is -0.176. The summed E-state index contributed by atoms with van der Waals surface area (Å²) in [5.74, 6) is 5.70. The van der Waals surface area contributed by atoms with Gasteiger partial charge in [0, 0.05) is 6.04 Å². The minimum Gasteiger partial charge on any atom is -0.352 e. The zero-order chi connectivity index (χ0) is 11.7. The Bertz CT molecular complexity index is 240. The molecular formula is C12H22N2O. The fraction of sp³-hybridized carbons (Fsp3) is 0.750. The van der Waals surface area contributed by atoms with Gasteiger partial charge in [-0.1, -0.05) is 19.3 Å². The number of carbonyl (C=O) groups is 1. The van der Waals surface area contributed by atoms with E-state index < -0.39 is 0 Å². The first-order valence-electron chi connectivity index (χ1n) is 5.55. The molecule has 0 fully saturated rings. The summed E-state index contributed by atoms with van der Waals surface area (Å²) in [6, 6.07) is 0.0779. The van der Waals surface area contributed by atoms with Crippen molar-refractivity contribution in [2.75, 3.05) is 6.54 Å². The summed E-state index contributed by atoms with van der Waals surface area (Å²) in [5, 5.41) is 6.00. The van der Waals surface area contributed by atoms with Gasteiger partial charge in [0.1, 0.15) is 0 Å². The number of hydrogen-bond acceptors (Lipinski definition) is 2. The van der Waals surface area contributed by atoms with E-state index in [-0.39, 0.29) is 18.0 Å². The van der Waals surface area contributed by atoms with Crippen molar-refractivity contribution in [1.82, 2.24) is 10.6 Å². The Morgan fingerprint density at radius 3 is 2.60 bits per heavy atom. The first kappa shape index (κ1) is 14.0. The lowest BCUT2D eigenvalue weighted by atomic mass is 10.2. The van der Waals surface area contributed by atoms with E-state index in [1.54, 1.807) is 6.92 Å². The number of rotatable bonds is 6. The molecule has 0 aliphatic heterocycles. The molecule has 0 aromatic carbocycles. The van der Waals surface area contributed by atoms with Gasteiger partial charge in [0.15, 0.2) is 0 Å². The standard InChI is InChI=1S/C12H22N2O/c1-5-7-9-13-11(4)12(15)14-10(3)8-6-2/h10-11,13H,6,8-9H2,1-4H3,(H,14,15). The van der Waals surface area contributed by atoms with Crippen molar-refractivity contribution >= 4 is 5.91 Å². The van der Waals surface area contributed by atoms with Gasteiger partial charge in [-0.05, 0) is 27.2 Å². The third-order valence-corrected chi connectivity index (χ3v) is 2.18. The first-order valence-corrected chi connectivity index (χ1v) is 5.55. The molecule has 0 aromatic heterocycles. The highest BCUT2D eigenvalue weighted by atomic mass is 16.2. The summed E-state index contributed by atoms with van der Waals surface area (Å²) in [6.07, 6.45) is 2.11. The quantitative estimate of drug-likeness (QED) is 0.649. The highest BCUT2D eigenvalue weighted by molar-refractivity contribution is 5.81. The molecule has 3 nitrogen and oxygen atoms in total. The molecule has 0 aliphatic carbocycles. The summed E-state index contributed by atoms with van der Waals surface area (Å²) in [4.78, 5) is 11.6. The van der Waals surface area contributed by atoms with Gasteiger partial charge in [-0.2, -0.15) is 0 Å². The maximum atomic E-state index is 11.6. The Morgan fingerprint density at radius 1 is 1.40 bits per heavy atom. The third-order valence-electron chi connectivity index (χ3n) is 2.18. The van der Waals surface area contributed by atoms with E-state index in [4.69, 9.17) is 0 Å². The maximum Gasteiger partial charge on any atom is 0.237 e. The molecule has 0 aromatic rings. The van der Waals surface area contributed by atoms with Crippen LogP contribution in [0.5, 0.6) is 0 Å². The molecule has 0 aliphatic rings. The molecule has 0 heterocycles. The summed E-state index contributed by atoms with van der Waals surface area (Å²) in [6.45, 7) is 8.34. The highest BCUT2D eigenvalue weighted by Gasteiger charge is 2.13. The van der Waals surface area contributed by atoms with Gasteiger partial charge in [0.25, 0.3) is 0 Å². The molecule has 2 atom stereocenters. The predicted molar refractivity (Wildman–Crippen MR) is 63.4 cm³/mol. The molecule has 0 bridgehead atoms. The van der Waals surface area contributed by atoms with Gasteiger partial charge >= 0.3 is 0 Å². The van der Waals surface area contributed by atoms with Crippen molar-refractivity contribution in [3.8, 4) is 11.8 Å². The van der Waals surface area contributed by atoms with Crippen LogP contribution in [0.3, 0.4) is 0 Å². The summed E-state index contributed by atoms with van der Waals surface area (Å²) in [7, 11) is 0. The fourth-order valence-corrected chi connectivity index (χ4v) is 1.26. The third kappa shape index (κ3) is 6.98. The van der Waals surface area contributed by atoms with E-state index in [1.807, 2.05) is 13.8 Å². The van der Waals surface area contributed by atoms with Crippen LogP contribution in [0.4, 0.5) is 0 Å². The average Bonchev–Trinajstić information content (AvgIpc) is 2.18. The molecule has 15 heavy (non-hydrogen) atoms. The normalized spacial score (nSPS) is 13.6. The minimum absolute atomic E-state index is 0.0499. The van der Waals surface area contributed by atoms with Crippen LogP contribution in [0, 0.1) is 11.8 Å². The van der Waals surface area contributed by atoms with Crippen molar-refractivity contribution in [2.45, 2.75) is 52.6 Å². The van der Waals surface area contributed by atoms with Crippen LogP contribution < -0.4 is 10.6 Å². The Morgan fingerprint density at radius 2 is 2.07 bits per heavy atom. The molecule has 2 N–H and O–H groups in total. The van der Waals surface area contributed by atoms with E-state index >= 15 is 0 Å². The van der Waals surface area contributed by atoms with E-state index in [9.17, 15) is 4.79 Å². The van der Waals surface area contributed by atoms with Crippen LogP contribution in [-0.2, 0) is 4.79 Å². The van der Waals surface area contributed by atoms with Gasteiger partial charge in [-0.25, -0.2) is 0 Å². The molecule has 3 heteroatoms. The van der Waals surface area contributed by atoms with Gasteiger partial charge in [0.2, 0.25) is 5.91 Å². The van der Waals surface area contributed by atoms with Crippen LogP contribution in [0.2, 0.25) is 0 Å². The van der Waals surface area contributed by atoms with Gasteiger partial charge in [-0.15, -0.1) is 5.92 Å². The zero-order valence-electron chi connectivity index (χ0n) is 10.2. The lowest BCUT2D eigenvalue weighted by molar-refractivity contribution is -0.123. The summed E-state index contributed by atoms with van der Waals surface area (Å²) < 4.78 is 0. The molecule has 86 valence electrons. The SMILES string of the molecule is CC#CCNC(C)C(=O)NC(C)CCC. The van der Waals surface area contributed by atoms with Gasteiger partial charge < -0.3 is 5.32 Å². The van der Waals surface area contributed by atoms with Crippen LogP contribution in [0.15, 0.2) is 0 Å². The molecule has 0 saturated heterocycles. The second-order valence-electron chi connectivity index (χ2n) is 3.73. The summed E-state index contributed by atoms with van der Waals surface area (Å²) in [5.41, 5.74) is 0. The largest absolute Gasteiger partial charge is 0.352 e. The number of carbonyl (C=O) groups excluding carboxylic acids is 1. The van der Waals surface area contributed by atoms with Crippen LogP contribution in [0.25, 0.3) is 0 Å². The second kappa shape index (κ2) is 8.31. The zero-order valence-corrected chi connectivity index (χ0v) is 10.2. The van der Waals surface area contributed by atoms with Crippen LogP contribution >= 0.6 is 0 Å². The van der Waals surface area contributed by atoms with Crippen LogP contribution in [0.1, 0.15) is 40.5 Å². The van der Waals surface area contributed by atoms with E-state index in [2.05, 4.69) is 29.4 Å². The molecule has 0 saturated carbocycles. The molecule has 0 spiro atoms. The second-order valence-corrected chi connectivity index (χ2v) is 3.73. The number of hydrogen-bond donors (Lipinski definition) is 2. The smallest absolute Gasteiger partial charge is 0.237 e. The molecule has 0 rings (SSSR count). The lowest BCUT2D eigenvalue weighted by Crippen LogP contribution is -2.45. The number of nitrogens with one attached hydrogen (secondary N) is 2. The van der Waals surface area contributed by atoms with E-state index in [1.165, 1.54) is 0 Å². The van der Waals surface area contributed by atoms with Crippen molar-refractivity contribution in [3.05, 3.63) is 0 Å². The maximum absolute atomic E-state index is 11.6. The topological polar surface area (TPSA) is 41.1 Å². The Balaban J connectivity index is 3.80. The van der Waals surface area contributed by atoms with E-state index in [0.717, 1.165) is 12.8 Å². The van der Waals surface area contributed by atoms with E-state index in [0.29, 0.717) is 6.54 Å². The first-order chi connectivity index (χ1) is 7.11. The van der Waals surface area contributed by atoms with Gasteiger partial charge in [-0.3, -0.25) is 10.1 Å². The van der Waals surface area contributed by atoms with Crippen molar-refractivity contribution < 1.29 is 4.79 Å². The predicted octanol–water partition coefficient (Wildman–Crippen LogP) is 1.29. The van der Waals surface area contributed by atoms with Gasteiger partial charge in [0.05, 0.1) is 12.6 Å². The Labute approximate surface area is 93.0 Å². The number of amides is 1. The average molecular weight is 210 g/mol. The molecule has 2 unspecified atom stereocenters. The van der Waals surface area contributed by atoms with Crippen molar-refractivity contribution in [2.24, 2.45) is 0 Å². The monoisotopic (exact) mass is 210 g/mol. The molecular weight excluding hydrogens is 188 g/mol. The Hall–Kier alpha value is -1.01. The highest BCUT2D eigenvalue weighted by Crippen LogP contribution is 1.95. The molecule has 0 radical (unpaired) electrons. The Kier molecular flexibility index (Phi) is 7.75. The lowest BCUT2D eigenvalue weighted by Gasteiger charge is -2.17.